The van der Waals surface area contributed by atoms with Crippen molar-refractivity contribution in [3.63, 3.8) is 0 Å². The normalized spacial score (nSPS) is 18.9. The van der Waals surface area contributed by atoms with Gasteiger partial charge in [-0.05, 0) is 85.0 Å². The molecule has 51 heavy (non-hydrogen) atoms. The first kappa shape index (κ1) is 37.7. The van der Waals surface area contributed by atoms with Crippen LogP contribution in [0.2, 0.25) is 0 Å². The van der Waals surface area contributed by atoms with Gasteiger partial charge in [0, 0.05) is 32.6 Å². The van der Waals surface area contributed by atoms with Crippen molar-refractivity contribution in [1.82, 2.24) is 20.9 Å². The molecule has 3 amide bonds. The minimum Gasteiger partial charge on any atom is -0.497 e. The molecule has 10 nitrogen and oxygen atoms in total. The van der Waals surface area contributed by atoms with E-state index in [1.165, 1.54) is 24.0 Å². The van der Waals surface area contributed by atoms with Crippen LogP contribution >= 0.6 is 0 Å². The standard InChI is InChI=1S/C39H48F2N4O6/c1-25(46)44-39(22-26-11-12-26)15-16-45(38(39)49)34(14-13-29-8-4-5-10-36(29)51-3)37(48)43-33(20-28-17-30(40)21-31(41)18-28)35(47)24-42-23-27-7-6-9-32(19-27)50-2/h4-10,17-19,21,26,33-35,42,47H,11-16,20,22-24H2,1-3H3,(H,43,48)(H,44,46)/t33-,34-,35+,39?/m0/s1. The number of para-hydroxylation sites is 1. The Balaban J connectivity index is 1.40. The fourth-order valence-corrected chi connectivity index (χ4v) is 7.06. The monoisotopic (exact) mass is 706 g/mol. The maximum Gasteiger partial charge on any atom is 0.249 e. The highest BCUT2D eigenvalue weighted by atomic mass is 19.1. The number of amides is 3. The van der Waals surface area contributed by atoms with Crippen molar-refractivity contribution >= 4 is 17.7 Å². The molecule has 12 heteroatoms. The van der Waals surface area contributed by atoms with E-state index in [4.69, 9.17) is 9.47 Å². The van der Waals surface area contributed by atoms with Gasteiger partial charge in [0.2, 0.25) is 17.7 Å². The van der Waals surface area contributed by atoms with Gasteiger partial charge in [0.05, 0.1) is 26.4 Å². The number of ether oxygens (including phenoxy) is 2. The minimum atomic E-state index is -1.18. The lowest BCUT2D eigenvalue weighted by Crippen LogP contribution is -2.59. The van der Waals surface area contributed by atoms with E-state index in [2.05, 4.69) is 16.0 Å². The highest BCUT2D eigenvalue weighted by Gasteiger charge is 2.52. The molecular weight excluding hydrogens is 658 g/mol. The van der Waals surface area contributed by atoms with Gasteiger partial charge in [-0.15, -0.1) is 0 Å². The highest BCUT2D eigenvalue weighted by molar-refractivity contribution is 5.96. The number of benzene rings is 3. The molecule has 274 valence electrons. The number of carbonyl (C=O) groups is 3. The summed E-state index contributed by atoms with van der Waals surface area (Å²) in [6.07, 6.45) is 2.21. The number of rotatable bonds is 18. The molecule has 0 aromatic heterocycles. The average Bonchev–Trinajstić information content (AvgIpc) is 3.86. The van der Waals surface area contributed by atoms with Crippen molar-refractivity contribution < 1.29 is 37.7 Å². The Hall–Kier alpha value is -4.55. The molecular formula is C39H48F2N4O6. The molecule has 0 radical (unpaired) electrons. The molecule has 5 rings (SSSR count). The second-order valence-corrected chi connectivity index (χ2v) is 13.7. The zero-order valence-corrected chi connectivity index (χ0v) is 29.4. The fourth-order valence-electron chi connectivity index (χ4n) is 7.06. The van der Waals surface area contributed by atoms with Crippen molar-refractivity contribution in [2.75, 3.05) is 27.3 Å². The summed E-state index contributed by atoms with van der Waals surface area (Å²) in [5, 5.41) is 20.5. The Morgan fingerprint density at radius 2 is 1.75 bits per heavy atom. The van der Waals surface area contributed by atoms with Gasteiger partial charge in [-0.1, -0.05) is 43.2 Å². The smallest absolute Gasteiger partial charge is 0.249 e. The first-order chi connectivity index (χ1) is 24.5. The number of aliphatic hydroxyl groups is 1. The number of aryl methyl sites for hydroxylation is 1. The number of halogens is 2. The second-order valence-electron chi connectivity index (χ2n) is 13.7. The predicted molar refractivity (Wildman–Crippen MR) is 188 cm³/mol. The van der Waals surface area contributed by atoms with Crippen molar-refractivity contribution in [2.45, 2.75) is 82.1 Å². The van der Waals surface area contributed by atoms with Crippen LogP contribution in [0.15, 0.2) is 66.7 Å². The van der Waals surface area contributed by atoms with Gasteiger partial charge in [-0.25, -0.2) is 8.78 Å². The number of hydrogen-bond donors (Lipinski definition) is 4. The molecule has 1 saturated carbocycles. The molecule has 1 aliphatic carbocycles. The second kappa shape index (κ2) is 17.1. The van der Waals surface area contributed by atoms with Gasteiger partial charge in [0.25, 0.3) is 0 Å². The molecule has 2 fully saturated rings. The molecule has 1 unspecified atom stereocenters. The maximum atomic E-state index is 14.4. The summed E-state index contributed by atoms with van der Waals surface area (Å²) in [6, 6.07) is 16.0. The summed E-state index contributed by atoms with van der Waals surface area (Å²) in [5.41, 5.74) is 0.913. The van der Waals surface area contributed by atoms with Crippen LogP contribution in [0.1, 0.15) is 55.7 Å². The predicted octanol–water partition coefficient (Wildman–Crippen LogP) is 4.07. The molecule has 3 aromatic rings. The molecule has 1 saturated heterocycles. The molecule has 1 aliphatic heterocycles. The Morgan fingerprint density at radius 3 is 2.43 bits per heavy atom. The number of nitrogens with zero attached hydrogens (tertiary/aromatic N) is 1. The van der Waals surface area contributed by atoms with Crippen LogP contribution in [0.5, 0.6) is 11.5 Å². The number of carbonyl (C=O) groups excluding carboxylic acids is 3. The largest absolute Gasteiger partial charge is 0.497 e. The van der Waals surface area contributed by atoms with E-state index in [0.29, 0.717) is 43.2 Å². The Morgan fingerprint density at radius 1 is 1.00 bits per heavy atom. The lowest BCUT2D eigenvalue weighted by molar-refractivity contribution is -0.143. The van der Waals surface area contributed by atoms with Gasteiger partial charge in [0.1, 0.15) is 34.7 Å². The summed E-state index contributed by atoms with van der Waals surface area (Å²) < 4.78 is 39.3. The summed E-state index contributed by atoms with van der Waals surface area (Å²) in [4.78, 5) is 42.5. The Labute approximate surface area is 297 Å². The molecule has 0 spiro atoms. The van der Waals surface area contributed by atoms with Gasteiger partial charge in [-0.3, -0.25) is 14.4 Å². The van der Waals surface area contributed by atoms with Crippen LogP contribution in [0.3, 0.4) is 0 Å². The van der Waals surface area contributed by atoms with Crippen molar-refractivity contribution in [2.24, 2.45) is 5.92 Å². The van der Waals surface area contributed by atoms with Crippen LogP contribution in [0.4, 0.5) is 8.78 Å². The van der Waals surface area contributed by atoms with Crippen LogP contribution in [-0.4, -0.2) is 78.8 Å². The van der Waals surface area contributed by atoms with Gasteiger partial charge >= 0.3 is 0 Å². The van der Waals surface area contributed by atoms with E-state index in [-0.39, 0.29) is 43.3 Å². The molecule has 2 aliphatic rings. The Bertz CT molecular complexity index is 1670. The van der Waals surface area contributed by atoms with Crippen LogP contribution in [-0.2, 0) is 33.8 Å². The maximum absolute atomic E-state index is 14.4. The van der Waals surface area contributed by atoms with Crippen molar-refractivity contribution in [3.8, 4) is 11.5 Å². The minimum absolute atomic E-state index is 0.0432. The summed E-state index contributed by atoms with van der Waals surface area (Å²) in [6.45, 7) is 2.07. The summed E-state index contributed by atoms with van der Waals surface area (Å²) in [5.74, 6) is -1.03. The lowest BCUT2D eigenvalue weighted by atomic mass is 9.90. The van der Waals surface area contributed by atoms with Crippen molar-refractivity contribution in [1.29, 1.82) is 0 Å². The quantitative estimate of drug-likeness (QED) is 0.157. The Kier molecular flexibility index (Phi) is 12.6. The van der Waals surface area contributed by atoms with Crippen LogP contribution < -0.4 is 25.4 Å². The average molecular weight is 707 g/mol. The SMILES string of the molecule is COc1cccc(CNC[C@@H](O)[C@H](Cc2cc(F)cc(F)c2)NC(=O)[C@H](CCc2ccccc2OC)N2CCC(CC3CC3)(NC(C)=O)C2=O)c1. The van der Waals surface area contributed by atoms with Gasteiger partial charge < -0.3 is 35.4 Å². The number of likely N-dealkylation sites (tertiary alicyclic amines) is 1. The molecule has 0 bridgehead atoms. The van der Waals surface area contributed by atoms with Gasteiger partial charge in [0.15, 0.2) is 0 Å². The van der Waals surface area contributed by atoms with Crippen LogP contribution in [0, 0.1) is 17.6 Å². The molecule has 1 heterocycles. The molecule has 4 atom stereocenters. The number of methoxy groups -OCH3 is 2. The van der Waals surface area contributed by atoms with E-state index in [1.54, 1.807) is 14.2 Å². The van der Waals surface area contributed by atoms with Crippen LogP contribution in [0.25, 0.3) is 0 Å². The number of hydrogen-bond acceptors (Lipinski definition) is 7. The summed E-state index contributed by atoms with van der Waals surface area (Å²) in [7, 11) is 3.14. The topological polar surface area (TPSA) is 129 Å². The van der Waals surface area contributed by atoms with E-state index in [0.717, 1.165) is 30.0 Å². The van der Waals surface area contributed by atoms with E-state index < -0.39 is 41.3 Å². The van der Waals surface area contributed by atoms with E-state index in [1.807, 2.05) is 48.5 Å². The molecule has 3 aromatic carbocycles. The third-order valence-electron chi connectivity index (χ3n) is 9.74. The zero-order valence-electron chi connectivity index (χ0n) is 29.4. The third kappa shape index (κ3) is 10.0. The van der Waals surface area contributed by atoms with E-state index in [9.17, 15) is 28.3 Å². The van der Waals surface area contributed by atoms with E-state index >= 15 is 0 Å². The molecule has 4 N–H and O–H groups in total. The van der Waals surface area contributed by atoms with Crippen molar-refractivity contribution in [3.05, 3.63) is 95.1 Å². The first-order valence-electron chi connectivity index (χ1n) is 17.5. The lowest BCUT2D eigenvalue weighted by Gasteiger charge is -2.33. The first-order valence-corrected chi connectivity index (χ1v) is 17.5. The fraction of sp³-hybridized carbons (Fsp3) is 0.462. The zero-order chi connectivity index (χ0) is 36.5. The summed E-state index contributed by atoms with van der Waals surface area (Å²) >= 11 is 0. The number of nitrogens with one attached hydrogen (secondary N) is 3. The third-order valence-corrected chi connectivity index (χ3v) is 9.74. The van der Waals surface area contributed by atoms with Gasteiger partial charge in [-0.2, -0.15) is 0 Å². The highest BCUT2D eigenvalue weighted by Crippen LogP contribution is 2.41. The number of aliphatic hydroxyl groups excluding tert-OH is 1.